The highest BCUT2D eigenvalue weighted by Crippen LogP contribution is 2.23. The van der Waals surface area contributed by atoms with Gasteiger partial charge in [-0.05, 0) is 24.6 Å². The lowest BCUT2D eigenvalue weighted by Crippen LogP contribution is -2.11. The Morgan fingerprint density at radius 1 is 1.20 bits per heavy atom. The lowest BCUT2D eigenvalue weighted by atomic mass is 10.1. The van der Waals surface area contributed by atoms with Crippen molar-refractivity contribution in [3.8, 4) is 0 Å². The SMILES string of the molecule is CCC(=O)Nc1cccc(NCc2cncnc2)c1C. The third kappa shape index (κ3) is 3.54. The first-order chi connectivity index (χ1) is 9.70. The number of rotatable bonds is 5. The molecule has 0 radical (unpaired) electrons. The molecular weight excluding hydrogens is 252 g/mol. The predicted molar refractivity (Wildman–Crippen MR) is 79.5 cm³/mol. The number of nitrogens with one attached hydrogen (secondary N) is 2. The molecule has 0 aliphatic carbocycles. The molecule has 104 valence electrons. The minimum atomic E-state index is 0.0155. The lowest BCUT2D eigenvalue weighted by molar-refractivity contribution is -0.115. The Morgan fingerprint density at radius 3 is 2.60 bits per heavy atom. The van der Waals surface area contributed by atoms with E-state index in [0.29, 0.717) is 13.0 Å². The normalized spacial score (nSPS) is 10.1. The molecule has 1 heterocycles. The van der Waals surface area contributed by atoms with E-state index in [9.17, 15) is 4.79 Å². The number of hydrogen-bond donors (Lipinski definition) is 2. The third-order valence-electron chi connectivity index (χ3n) is 3.03. The van der Waals surface area contributed by atoms with Crippen molar-refractivity contribution in [1.82, 2.24) is 9.97 Å². The molecule has 2 N–H and O–H groups in total. The van der Waals surface area contributed by atoms with Gasteiger partial charge in [-0.2, -0.15) is 0 Å². The van der Waals surface area contributed by atoms with E-state index in [1.807, 2.05) is 32.0 Å². The van der Waals surface area contributed by atoms with E-state index in [2.05, 4.69) is 20.6 Å². The van der Waals surface area contributed by atoms with E-state index < -0.39 is 0 Å². The maximum atomic E-state index is 11.5. The second-order valence-electron chi connectivity index (χ2n) is 4.48. The van der Waals surface area contributed by atoms with Gasteiger partial charge in [-0.25, -0.2) is 9.97 Å². The first kappa shape index (κ1) is 14.0. The van der Waals surface area contributed by atoms with Crippen LogP contribution in [0.4, 0.5) is 11.4 Å². The second kappa shape index (κ2) is 6.65. The summed E-state index contributed by atoms with van der Waals surface area (Å²) in [5.41, 5.74) is 3.86. The van der Waals surface area contributed by atoms with Crippen molar-refractivity contribution in [2.45, 2.75) is 26.8 Å². The number of hydrogen-bond acceptors (Lipinski definition) is 4. The van der Waals surface area contributed by atoms with E-state index >= 15 is 0 Å². The Morgan fingerprint density at radius 2 is 1.90 bits per heavy atom. The van der Waals surface area contributed by atoms with Crippen LogP contribution in [-0.4, -0.2) is 15.9 Å². The van der Waals surface area contributed by atoms with Crippen molar-refractivity contribution < 1.29 is 4.79 Å². The molecule has 0 bridgehead atoms. The molecule has 0 unspecified atom stereocenters. The van der Waals surface area contributed by atoms with Crippen molar-refractivity contribution in [2.24, 2.45) is 0 Å². The van der Waals surface area contributed by atoms with E-state index in [4.69, 9.17) is 0 Å². The Bertz CT molecular complexity index is 584. The van der Waals surface area contributed by atoms with Gasteiger partial charge >= 0.3 is 0 Å². The zero-order valence-electron chi connectivity index (χ0n) is 11.7. The number of amides is 1. The maximum absolute atomic E-state index is 11.5. The molecule has 2 rings (SSSR count). The average Bonchev–Trinajstić information content (AvgIpc) is 2.49. The number of carbonyl (C=O) groups excluding carboxylic acids is 1. The molecule has 20 heavy (non-hydrogen) atoms. The fourth-order valence-corrected chi connectivity index (χ4v) is 1.82. The molecule has 1 aromatic heterocycles. The van der Waals surface area contributed by atoms with Gasteiger partial charge in [-0.15, -0.1) is 0 Å². The van der Waals surface area contributed by atoms with Gasteiger partial charge in [-0.3, -0.25) is 4.79 Å². The summed E-state index contributed by atoms with van der Waals surface area (Å²) in [6.07, 6.45) is 5.53. The second-order valence-corrected chi connectivity index (χ2v) is 4.48. The summed E-state index contributed by atoms with van der Waals surface area (Å²) in [5.74, 6) is 0.0155. The van der Waals surface area contributed by atoms with Crippen LogP contribution in [0.2, 0.25) is 0 Å². The molecule has 0 aliphatic rings. The quantitative estimate of drug-likeness (QED) is 0.876. The highest BCUT2D eigenvalue weighted by Gasteiger charge is 2.06. The van der Waals surface area contributed by atoms with Gasteiger partial charge in [0.25, 0.3) is 0 Å². The Kier molecular flexibility index (Phi) is 4.65. The number of benzene rings is 1. The van der Waals surface area contributed by atoms with Crippen LogP contribution in [0.25, 0.3) is 0 Å². The minimum Gasteiger partial charge on any atom is -0.381 e. The summed E-state index contributed by atoms with van der Waals surface area (Å²) in [6.45, 7) is 4.46. The molecule has 2 aromatic rings. The highest BCUT2D eigenvalue weighted by molar-refractivity contribution is 5.92. The average molecular weight is 270 g/mol. The number of aromatic nitrogens is 2. The Balaban J connectivity index is 2.08. The fourth-order valence-electron chi connectivity index (χ4n) is 1.82. The molecule has 0 atom stereocenters. The number of nitrogens with zero attached hydrogens (tertiary/aromatic N) is 2. The number of anilines is 2. The van der Waals surface area contributed by atoms with Crippen molar-refractivity contribution in [3.05, 3.63) is 48.0 Å². The first-order valence-electron chi connectivity index (χ1n) is 6.58. The van der Waals surface area contributed by atoms with Crippen LogP contribution in [0.5, 0.6) is 0 Å². The summed E-state index contributed by atoms with van der Waals surface area (Å²) in [5, 5.41) is 6.22. The van der Waals surface area contributed by atoms with E-state index in [1.54, 1.807) is 12.4 Å². The van der Waals surface area contributed by atoms with Gasteiger partial charge < -0.3 is 10.6 Å². The van der Waals surface area contributed by atoms with Crippen LogP contribution in [0.15, 0.2) is 36.9 Å². The van der Waals surface area contributed by atoms with Gasteiger partial charge in [0, 0.05) is 42.3 Å². The predicted octanol–water partition coefficient (Wildman–Crippen LogP) is 2.75. The van der Waals surface area contributed by atoms with Crippen LogP contribution in [0, 0.1) is 6.92 Å². The summed E-state index contributed by atoms with van der Waals surface area (Å²) in [4.78, 5) is 19.4. The zero-order chi connectivity index (χ0) is 14.4. The fraction of sp³-hybridized carbons (Fsp3) is 0.267. The Labute approximate surface area is 118 Å². The molecule has 1 amide bonds. The van der Waals surface area contributed by atoms with Gasteiger partial charge in [-0.1, -0.05) is 13.0 Å². The minimum absolute atomic E-state index is 0.0155. The highest BCUT2D eigenvalue weighted by atomic mass is 16.1. The molecular formula is C15H18N4O. The van der Waals surface area contributed by atoms with Gasteiger partial charge in [0.15, 0.2) is 0 Å². The lowest BCUT2D eigenvalue weighted by Gasteiger charge is -2.13. The van der Waals surface area contributed by atoms with Crippen LogP contribution >= 0.6 is 0 Å². The van der Waals surface area contributed by atoms with Crippen LogP contribution in [0.3, 0.4) is 0 Å². The smallest absolute Gasteiger partial charge is 0.224 e. The van der Waals surface area contributed by atoms with E-state index in [0.717, 1.165) is 22.5 Å². The standard InChI is InChI=1S/C15H18N4O/c1-3-15(20)19-14-6-4-5-13(11(14)2)18-9-12-7-16-10-17-8-12/h4-8,10,18H,3,9H2,1-2H3,(H,19,20). The van der Waals surface area contributed by atoms with Crippen LogP contribution < -0.4 is 10.6 Å². The molecule has 5 heteroatoms. The van der Waals surface area contributed by atoms with Gasteiger partial charge in [0.2, 0.25) is 5.91 Å². The van der Waals surface area contributed by atoms with E-state index in [1.165, 1.54) is 6.33 Å². The summed E-state index contributed by atoms with van der Waals surface area (Å²) < 4.78 is 0. The largest absolute Gasteiger partial charge is 0.381 e. The van der Waals surface area contributed by atoms with Crippen molar-refractivity contribution in [2.75, 3.05) is 10.6 Å². The topological polar surface area (TPSA) is 66.9 Å². The summed E-state index contributed by atoms with van der Waals surface area (Å²) >= 11 is 0. The molecule has 0 aliphatic heterocycles. The molecule has 0 spiro atoms. The monoisotopic (exact) mass is 270 g/mol. The van der Waals surface area contributed by atoms with Crippen LogP contribution in [-0.2, 0) is 11.3 Å². The van der Waals surface area contributed by atoms with Crippen molar-refractivity contribution >= 4 is 17.3 Å². The number of carbonyl (C=O) groups is 1. The van der Waals surface area contributed by atoms with E-state index in [-0.39, 0.29) is 5.91 Å². The van der Waals surface area contributed by atoms with Gasteiger partial charge in [0.05, 0.1) is 0 Å². The molecule has 1 aromatic carbocycles. The zero-order valence-corrected chi connectivity index (χ0v) is 11.7. The van der Waals surface area contributed by atoms with Gasteiger partial charge in [0.1, 0.15) is 6.33 Å². The molecule has 5 nitrogen and oxygen atoms in total. The third-order valence-corrected chi connectivity index (χ3v) is 3.03. The molecule has 0 saturated carbocycles. The van der Waals surface area contributed by atoms with Crippen LogP contribution in [0.1, 0.15) is 24.5 Å². The first-order valence-corrected chi connectivity index (χ1v) is 6.58. The summed E-state index contributed by atoms with van der Waals surface area (Å²) in [7, 11) is 0. The summed E-state index contributed by atoms with van der Waals surface area (Å²) in [6, 6.07) is 5.81. The molecule has 0 saturated heterocycles. The Hall–Kier alpha value is -2.43. The maximum Gasteiger partial charge on any atom is 0.224 e. The molecule has 0 fully saturated rings. The van der Waals surface area contributed by atoms with Crippen molar-refractivity contribution in [3.63, 3.8) is 0 Å². The van der Waals surface area contributed by atoms with Crippen molar-refractivity contribution in [1.29, 1.82) is 0 Å².